The van der Waals surface area contributed by atoms with Gasteiger partial charge in [0.2, 0.25) is 0 Å². The lowest BCUT2D eigenvalue weighted by atomic mass is 10.2. The van der Waals surface area contributed by atoms with Crippen LogP contribution in [0, 0.1) is 0 Å². The second kappa shape index (κ2) is 8.79. The standard InChI is InChI=1S/C14H20N2O4/c1-4-15-14(17)10-19-12-7-6-11(8-13(12)18-3)9-16-20-5-2/h6-9H,4-5,10H2,1-3H3,(H,15,17). The monoisotopic (exact) mass is 280 g/mol. The van der Waals surface area contributed by atoms with Gasteiger partial charge >= 0.3 is 0 Å². The first-order chi connectivity index (χ1) is 9.71. The van der Waals surface area contributed by atoms with Crippen LogP contribution in [0.5, 0.6) is 11.5 Å². The van der Waals surface area contributed by atoms with Crippen molar-refractivity contribution in [2.24, 2.45) is 5.16 Å². The maximum Gasteiger partial charge on any atom is 0.257 e. The average Bonchev–Trinajstić information content (AvgIpc) is 2.46. The molecule has 6 heteroatoms. The van der Waals surface area contributed by atoms with Crippen molar-refractivity contribution in [3.05, 3.63) is 23.8 Å². The Morgan fingerprint density at radius 3 is 2.80 bits per heavy atom. The van der Waals surface area contributed by atoms with Crippen LogP contribution in [0.25, 0.3) is 0 Å². The molecule has 1 amide bonds. The van der Waals surface area contributed by atoms with Crippen LogP contribution in [0.1, 0.15) is 19.4 Å². The number of nitrogens with zero attached hydrogens (tertiary/aromatic N) is 1. The molecule has 0 unspecified atom stereocenters. The number of nitrogens with one attached hydrogen (secondary N) is 1. The van der Waals surface area contributed by atoms with E-state index in [2.05, 4.69) is 10.5 Å². The first-order valence-corrected chi connectivity index (χ1v) is 6.44. The van der Waals surface area contributed by atoms with Crippen molar-refractivity contribution < 1.29 is 19.1 Å². The zero-order valence-electron chi connectivity index (χ0n) is 12.0. The van der Waals surface area contributed by atoms with E-state index in [-0.39, 0.29) is 12.5 Å². The van der Waals surface area contributed by atoms with Crippen LogP contribution in [-0.4, -0.2) is 39.0 Å². The number of methoxy groups -OCH3 is 1. The van der Waals surface area contributed by atoms with E-state index < -0.39 is 0 Å². The van der Waals surface area contributed by atoms with Gasteiger partial charge in [-0.1, -0.05) is 5.16 Å². The number of hydrogen-bond acceptors (Lipinski definition) is 5. The zero-order valence-corrected chi connectivity index (χ0v) is 12.0. The third-order valence-corrected chi connectivity index (χ3v) is 2.33. The van der Waals surface area contributed by atoms with Crippen LogP contribution in [0.15, 0.2) is 23.4 Å². The number of oxime groups is 1. The molecule has 0 saturated carbocycles. The molecule has 1 aromatic rings. The van der Waals surface area contributed by atoms with E-state index in [1.807, 2.05) is 13.8 Å². The molecule has 110 valence electrons. The highest BCUT2D eigenvalue weighted by molar-refractivity contribution is 5.80. The molecule has 0 atom stereocenters. The molecule has 0 radical (unpaired) electrons. The van der Waals surface area contributed by atoms with Crippen LogP contribution >= 0.6 is 0 Å². The summed E-state index contributed by atoms with van der Waals surface area (Å²) in [6.45, 7) is 4.76. The van der Waals surface area contributed by atoms with Crippen LogP contribution in [0.4, 0.5) is 0 Å². The Labute approximate surface area is 118 Å². The van der Waals surface area contributed by atoms with Gasteiger partial charge in [-0.25, -0.2) is 0 Å². The molecule has 1 aromatic carbocycles. The number of amides is 1. The smallest absolute Gasteiger partial charge is 0.257 e. The van der Waals surface area contributed by atoms with Gasteiger partial charge in [0, 0.05) is 12.1 Å². The van der Waals surface area contributed by atoms with Crippen molar-refractivity contribution in [2.45, 2.75) is 13.8 Å². The fourth-order valence-corrected chi connectivity index (χ4v) is 1.45. The molecule has 1 rings (SSSR count). The fourth-order valence-electron chi connectivity index (χ4n) is 1.45. The van der Waals surface area contributed by atoms with Crippen molar-refractivity contribution in [3.8, 4) is 11.5 Å². The van der Waals surface area contributed by atoms with E-state index >= 15 is 0 Å². The normalized spacial score (nSPS) is 10.3. The van der Waals surface area contributed by atoms with E-state index in [1.165, 1.54) is 7.11 Å². The molecule has 0 fully saturated rings. The SMILES string of the molecule is CCNC(=O)COc1ccc(C=NOCC)cc1OC. The predicted octanol–water partition coefficient (Wildman–Crippen LogP) is 1.58. The summed E-state index contributed by atoms with van der Waals surface area (Å²) >= 11 is 0. The summed E-state index contributed by atoms with van der Waals surface area (Å²) in [5.74, 6) is 0.874. The lowest BCUT2D eigenvalue weighted by Gasteiger charge is -2.10. The molecule has 0 aliphatic carbocycles. The average molecular weight is 280 g/mol. The summed E-state index contributed by atoms with van der Waals surface area (Å²) in [5, 5.41) is 6.43. The fraction of sp³-hybridized carbons (Fsp3) is 0.429. The lowest BCUT2D eigenvalue weighted by molar-refractivity contribution is -0.123. The van der Waals surface area contributed by atoms with Crippen LogP contribution in [-0.2, 0) is 9.63 Å². The molecule has 0 aromatic heterocycles. The van der Waals surface area contributed by atoms with Gasteiger partial charge in [0.15, 0.2) is 18.1 Å². The Morgan fingerprint density at radius 1 is 1.35 bits per heavy atom. The minimum atomic E-state index is -0.170. The summed E-state index contributed by atoms with van der Waals surface area (Å²) < 4.78 is 10.6. The maximum absolute atomic E-state index is 11.3. The highest BCUT2D eigenvalue weighted by Gasteiger charge is 2.07. The van der Waals surface area contributed by atoms with Crippen LogP contribution < -0.4 is 14.8 Å². The Kier molecular flexibility index (Phi) is 6.95. The second-order valence-corrected chi connectivity index (χ2v) is 3.80. The highest BCUT2D eigenvalue weighted by Crippen LogP contribution is 2.27. The molecule has 0 heterocycles. The largest absolute Gasteiger partial charge is 0.493 e. The van der Waals surface area contributed by atoms with E-state index in [0.717, 1.165) is 5.56 Å². The summed E-state index contributed by atoms with van der Waals surface area (Å²) in [7, 11) is 1.54. The van der Waals surface area contributed by atoms with Gasteiger partial charge in [-0.2, -0.15) is 0 Å². The van der Waals surface area contributed by atoms with E-state index in [1.54, 1.807) is 24.4 Å². The molecule has 0 bridgehead atoms. The number of carbonyl (C=O) groups excluding carboxylic acids is 1. The number of hydrogen-bond donors (Lipinski definition) is 1. The molecule has 6 nitrogen and oxygen atoms in total. The van der Waals surface area contributed by atoms with Gasteiger partial charge in [-0.15, -0.1) is 0 Å². The molecule has 20 heavy (non-hydrogen) atoms. The molecule has 0 aliphatic heterocycles. The van der Waals surface area contributed by atoms with Crippen molar-refractivity contribution in [1.82, 2.24) is 5.32 Å². The molecular weight excluding hydrogens is 260 g/mol. The van der Waals surface area contributed by atoms with Gasteiger partial charge in [0.05, 0.1) is 13.3 Å². The van der Waals surface area contributed by atoms with E-state index in [0.29, 0.717) is 24.7 Å². The second-order valence-electron chi connectivity index (χ2n) is 3.80. The van der Waals surface area contributed by atoms with Crippen molar-refractivity contribution in [2.75, 3.05) is 26.9 Å². The molecular formula is C14H20N2O4. The quantitative estimate of drug-likeness (QED) is 0.580. The van der Waals surface area contributed by atoms with Gasteiger partial charge in [-0.05, 0) is 32.0 Å². The molecule has 0 aliphatic rings. The Bertz CT molecular complexity index is 460. The van der Waals surface area contributed by atoms with Crippen molar-refractivity contribution in [3.63, 3.8) is 0 Å². The molecule has 0 saturated heterocycles. The van der Waals surface area contributed by atoms with E-state index in [4.69, 9.17) is 14.3 Å². The van der Waals surface area contributed by atoms with Crippen molar-refractivity contribution >= 4 is 12.1 Å². The minimum Gasteiger partial charge on any atom is -0.493 e. The van der Waals surface area contributed by atoms with Gasteiger partial charge < -0.3 is 19.6 Å². The van der Waals surface area contributed by atoms with Gasteiger partial charge in [-0.3, -0.25) is 4.79 Å². The number of likely N-dealkylation sites (N-methyl/N-ethyl adjacent to an activating group) is 1. The number of carbonyl (C=O) groups is 1. The van der Waals surface area contributed by atoms with Gasteiger partial charge in [0.1, 0.15) is 6.61 Å². The summed E-state index contributed by atoms with van der Waals surface area (Å²) in [6, 6.07) is 5.29. The Morgan fingerprint density at radius 2 is 2.15 bits per heavy atom. The maximum atomic E-state index is 11.3. The Hall–Kier alpha value is -2.24. The number of rotatable bonds is 8. The first kappa shape index (κ1) is 15.8. The van der Waals surface area contributed by atoms with Crippen LogP contribution in [0.2, 0.25) is 0 Å². The zero-order chi connectivity index (χ0) is 14.8. The summed E-state index contributed by atoms with van der Waals surface area (Å²) in [4.78, 5) is 16.2. The summed E-state index contributed by atoms with van der Waals surface area (Å²) in [6.07, 6.45) is 1.58. The number of ether oxygens (including phenoxy) is 2. The first-order valence-electron chi connectivity index (χ1n) is 6.44. The number of benzene rings is 1. The minimum absolute atomic E-state index is 0.0451. The van der Waals surface area contributed by atoms with Crippen LogP contribution in [0.3, 0.4) is 0 Å². The topological polar surface area (TPSA) is 69.2 Å². The molecule has 0 spiro atoms. The third-order valence-electron chi connectivity index (χ3n) is 2.33. The molecule has 1 N–H and O–H groups in total. The van der Waals surface area contributed by atoms with Gasteiger partial charge in [0.25, 0.3) is 5.91 Å². The third kappa shape index (κ3) is 5.17. The van der Waals surface area contributed by atoms with Crippen molar-refractivity contribution in [1.29, 1.82) is 0 Å². The predicted molar refractivity (Wildman–Crippen MR) is 76.4 cm³/mol. The summed E-state index contributed by atoms with van der Waals surface area (Å²) in [5.41, 5.74) is 0.820. The lowest BCUT2D eigenvalue weighted by Crippen LogP contribution is -2.28. The Balaban J connectivity index is 2.70. The van der Waals surface area contributed by atoms with E-state index in [9.17, 15) is 4.79 Å². The highest BCUT2D eigenvalue weighted by atomic mass is 16.6.